The Morgan fingerprint density at radius 1 is 1.43 bits per heavy atom. The number of fused-ring (bicyclic) bond motifs is 1. The zero-order chi connectivity index (χ0) is 9.97. The molecule has 1 aromatic carbocycles. The topological polar surface area (TPSA) is 29.5 Å². The molecule has 0 aromatic heterocycles. The van der Waals surface area contributed by atoms with E-state index < -0.39 is 6.10 Å². The fourth-order valence-electron chi connectivity index (χ4n) is 1.61. The van der Waals surface area contributed by atoms with Crippen molar-refractivity contribution in [3.05, 3.63) is 54.8 Å². The van der Waals surface area contributed by atoms with E-state index in [2.05, 4.69) is 6.58 Å². The first kappa shape index (κ1) is 9.03. The molecule has 2 heteroatoms. The van der Waals surface area contributed by atoms with E-state index in [9.17, 15) is 5.11 Å². The molecule has 1 aliphatic heterocycles. The Labute approximate surface area is 83.1 Å². The molecule has 0 aliphatic carbocycles. The lowest BCUT2D eigenvalue weighted by Gasteiger charge is -2.22. The number of para-hydroxylation sites is 1. The summed E-state index contributed by atoms with van der Waals surface area (Å²) in [6, 6.07) is 7.69. The molecule has 1 aliphatic rings. The first-order valence-corrected chi connectivity index (χ1v) is 4.56. The number of hydrogen-bond donors (Lipinski definition) is 1. The highest BCUT2D eigenvalue weighted by molar-refractivity contribution is 5.42. The smallest absolute Gasteiger partial charge is 0.130 e. The van der Waals surface area contributed by atoms with Crippen LogP contribution in [0.3, 0.4) is 0 Å². The van der Waals surface area contributed by atoms with Crippen LogP contribution in [0.25, 0.3) is 0 Å². The largest absolute Gasteiger partial charge is 0.465 e. The number of hydrogen-bond acceptors (Lipinski definition) is 2. The average Bonchev–Trinajstić information content (AvgIpc) is 2.27. The van der Waals surface area contributed by atoms with Crippen LogP contribution in [0.5, 0.6) is 5.75 Å². The van der Waals surface area contributed by atoms with Gasteiger partial charge in [0.05, 0.1) is 12.4 Å². The van der Waals surface area contributed by atoms with Crippen LogP contribution in [0, 0.1) is 0 Å². The monoisotopic (exact) mass is 188 g/mol. The minimum atomic E-state index is -0.559. The van der Waals surface area contributed by atoms with Gasteiger partial charge in [-0.3, -0.25) is 0 Å². The lowest BCUT2D eigenvalue weighted by atomic mass is 9.91. The zero-order valence-corrected chi connectivity index (χ0v) is 7.76. The van der Waals surface area contributed by atoms with Gasteiger partial charge in [-0.15, -0.1) is 6.58 Å². The SMILES string of the molecule is C=CC(O)C1C=COc2ccccc21. The van der Waals surface area contributed by atoms with Crippen LogP contribution in [-0.4, -0.2) is 11.2 Å². The summed E-state index contributed by atoms with van der Waals surface area (Å²) < 4.78 is 5.32. The van der Waals surface area contributed by atoms with E-state index in [4.69, 9.17) is 4.74 Å². The number of rotatable bonds is 2. The van der Waals surface area contributed by atoms with Gasteiger partial charge in [0.25, 0.3) is 0 Å². The lowest BCUT2D eigenvalue weighted by molar-refractivity contribution is 0.202. The van der Waals surface area contributed by atoms with E-state index in [1.54, 1.807) is 6.26 Å². The summed E-state index contributed by atoms with van der Waals surface area (Å²) in [7, 11) is 0. The van der Waals surface area contributed by atoms with Gasteiger partial charge in [-0.2, -0.15) is 0 Å². The molecule has 1 N–H and O–H groups in total. The van der Waals surface area contributed by atoms with Crippen molar-refractivity contribution < 1.29 is 9.84 Å². The Morgan fingerprint density at radius 3 is 3.00 bits per heavy atom. The van der Waals surface area contributed by atoms with Gasteiger partial charge in [0.1, 0.15) is 5.75 Å². The highest BCUT2D eigenvalue weighted by Gasteiger charge is 2.21. The zero-order valence-electron chi connectivity index (χ0n) is 7.76. The highest BCUT2D eigenvalue weighted by atomic mass is 16.5. The minimum Gasteiger partial charge on any atom is -0.465 e. The molecule has 0 saturated heterocycles. The van der Waals surface area contributed by atoms with Crippen molar-refractivity contribution in [3.8, 4) is 5.75 Å². The molecule has 0 bridgehead atoms. The Kier molecular flexibility index (Phi) is 2.37. The molecule has 2 atom stereocenters. The molecule has 1 aromatic rings. The van der Waals surface area contributed by atoms with Gasteiger partial charge in [0.2, 0.25) is 0 Å². The second-order valence-corrected chi connectivity index (χ2v) is 3.24. The predicted molar refractivity (Wildman–Crippen MR) is 55.2 cm³/mol. The van der Waals surface area contributed by atoms with Crippen molar-refractivity contribution in [3.63, 3.8) is 0 Å². The molecule has 0 spiro atoms. The van der Waals surface area contributed by atoms with Crippen LogP contribution in [-0.2, 0) is 0 Å². The lowest BCUT2D eigenvalue weighted by Crippen LogP contribution is -2.16. The molecule has 72 valence electrons. The Balaban J connectivity index is 2.40. The maximum Gasteiger partial charge on any atom is 0.130 e. The van der Waals surface area contributed by atoms with Gasteiger partial charge in [-0.25, -0.2) is 0 Å². The highest BCUT2D eigenvalue weighted by Crippen LogP contribution is 2.33. The summed E-state index contributed by atoms with van der Waals surface area (Å²) in [5, 5.41) is 9.70. The van der Waals surface area contributed by atoms with Crippen molar-refractivity contribution in [2.45, 2.75) is 12.0 Å². The van der Waals surface area contributed by atoms with Gasteiger partial charge in [-0.1, -0.05) is 24.3 Å². The van der Waals surface area contributed by atoms with E-state index in [-0.39, 0.29) is 5.92 Å². The van der Waals surface area contributed by atoms with E-state index in [1.807, 2.05) is 30.3 Å². The van der Waals surface area contributed by atoms with E-state index in [0.29, 0.717) is 0 Å². The van der Waals surface area contributed by atoms with Crippen LogP contribution in [0.15, 0.2) is 49.3 Å². The molecule has 2 rings (SSSR count). The van der Waals surface area contributed by atoms with E-state index in [0.717, 1.165) is 11.3 Å². The van der Waals surface area contributed by atoms with Gasteiger partial charge in [0.15, 0.2) is 0 Å². The first-order valence-electron chi connectivity index (χ1n) is 4.56. The summed E-state index contributed by atoms with van der Waals surface area (Å²) in [6.45, 7) is 3.58. The average molecular weight is 188 g/mol. The number of aliphatic hydroxyl groups is 1. The summed E-state index contributed by atoms with van der Waals surface area (Å²) >= 11 is 0. The van der Waals surface area contributed by atoms with Crippen molar-refractivity contribution in [1.82, 2.24) is 0 Å². The van der Waals surface area contributed by atoms with Crippen molar-refractivity contribution in [1.29, 1.82) is 0 Å². The fourth-order valence-corrected chi connectivity index (χ4v) is 1.61. The molecule has 2 nitrogen and oxygen atoms in total. The van der Waals surface area contributed by atoms with Crippen molar-refractivity contribution in [2.24, 2.45) is 0 Å². The maximum absolute atomic E-state index is 9.70. The molecule has 0 amide bonds. The summed E-state index contributed by atoms with van der Waals surface area (Å²) in [5.41, 5.74) is 1.00. The van der Waals surface area contributed by atoms with Gasteiger partial charge in [-0.05, 0) is 12.1 Å². The van der Waals surface area contributed by atoms with Gasteiger partial charge >= 0.3 is 0 Å². The van der Waals surface area contributed by atoms with Crippen LogP contribution in [0.4, 0.5) is 0 Å². The molecule has 0 fully saturated rings. The number of benzene rings is 1. The molecule has 1 heterocycles. The van der Waals surface area contributed by atoms with Crippen LogP contribution in [0.1, 0.15) is 11.5 Å². The predicted octanol–water partition coefficient (Wildman–Crippen LogP) is 2.22. The first-order chi connectivity index (χ1) is 6.83. The third kappa shape index (κ3) is 1.44. The third-order valence-electron chi connectivity index (χ3n) is 2.37. The number of aliphatic hydroxyl groups excluding tert-OH is 1. The third-order valence-corrected chi connectivity index (χ3v) is 2.37. The van der Waals surface area contributed by atoms with Gasteiger partial charge < -0.3 is 9.84 Å². The molecular formula is C12H12O2. The quantitative estimate of drug-likeness (QED) is 0.721. The molecule has 0 radical (unpaired) electrons. The standard InChI is InChI=1S/C12H12O2/c1-2-11(13)9-7-8-14-12-6-4-3-5-10(9)12/h2-9,11,13H,1H2. The van der Waals surface area contributed by atoms with E-state index >= 15 is 0 Å². The summed E-state index contributed by atoms with van der Waals surface area (Å²) in [5.74, 6) is 0.762. The summed E-state index contributed by atoms with van der Waals surface area (Å²) in [6.07, 6.45) is 4.43. The molecule has 2 unspecified atom stereocenters. The van der Waals surface area contributed by atoms with Crippen LogP contribution >= 0.6 is 0 Å². The van der Waals surface area contributed by atoms with Crippen molar-refractivity contribution in [2.75, 3.05) is 0 Å². The maximum atomic E-state index is 9.70. The van der Waals surface area contributed by atoms with Crippen molar-refractivity contribution >= 4 is 0 Å². The Hall–Kier alpha value is -1.54. The summed E-state index contributed by atoms with van der Waals surface area (Å²) in [4.78, 5) is 0. The van der Waals surface area contributed by atoms with E-state index in [1.165, 1.54) is 6.08 Å². The molecule has 14 heavy (non-hydrogen) atoms. The number of ether oxygens (including phenoxy) is 1. The minimum absolute atomic E-state index is 0.0440. The second-order valence-electron chi connectivity index (χ2n) is 3.24. The second kappa shape index (κ2) is 3.68. The Morgan fingerprint density at radius 2 is 2.21 bits per heavy atom. The van der Waals surface area contributed by atoms with Crippen LogP contribution in [0.2, 0.25) is 0 Å². The molecular weight excluding hydrogens is 176 g/mol. The van der Waals surface area contributed by atoms with Crippen LogP contribution < -0.4 is 4.74 Å². The normalized spacial score (nSPS) is 20.8. The fraction of sp³-hybridized carbons (Fsp3) is 0.167. The Bertz CT molecular complexity index is 368. The van der Waals surface area contributed by atoms with Gasteiger partial charge in [0, 0.05) is 11.5 Å². The molecule has 0 saturated carbocycles.